The predicted octanol–water partition coefficient (Wildman–Crippen LogP) is 3.59. The van der Waals surface area contributed by atoms with Crippen LogP contribution in [-0.4, -0.2) is 16.0 Å². The smallest absolute Gasteiger partial charge is 0.323 e. The van der Waals surface area contributed by atoms with Gasteiger partial charge in [-0.05, 0) is 36.4 Å². The van der Waals surface area contributed by atoms with Gasteiger partial charge in [0.1, 0.15) is 5.82 Å². The normalized spacial score (nSPS) is 9.87. The molecule has 2 amide bonds. The fourth-order valence-corrected chi connectivity index (χ4v) is 2.12. The molecule has 3 N–H and O–H groups in total. The molecule has 0 spiro atoms. The Labute approximate surface area is 132 Å². The molecule has 0 radical (unpaired) electrons. The highest BCUT2D eigenvalue weighted by atomic mass is 16.2. The molecule has 23 heavy (non-hydrogen) atoms. The molecule has 3 aromatic rings. The zero-order chi connectivity index (χ0) is 16.1. The molecule has 0 aliphatic rings. The zero-order valence-electron chi connectivity index (χ0n) is 12.1. The summed E-state index contributed by atoms with van der Waals surface area (Å²) in [4.78, 5) is 19.4. The summed E-state index contributed by atoms with van der Waals surface area (Å²) in [5, 5.41) is 14.3. The number of imidazole rings is 1. The lowest BCUT2D eigenvalue weighted by atomic mass is 10.1. The van der Waals surface area contributed by atoms with Crippen LogP contribution in [0.3, 0.4) is 0 Å². The van der Waals surface area contributed by atoms with E-state index in [1.165, 1.54) is 0 Å². The van der Waals surface area contributed by atoms with Crippen molar-refractivity contribution in [1.82, 2.24) is 9.97 Å². The van der Waals surface area contributed by atoms with Crippen LogP contribution in [0.5, 0.6) is 0 Å². The molecule has 6 heteroatoms. The number of para-hydroxylation sites is 1. The summed E-state index contributed by atoms with van der Waals surface area (Å²) < 4.78 is 0. The summed E-state index contributed by atoms with van der Waals surface area (Å²) in [5.41, 5.74) is 2.59. The minimum Gasteiger partial charge on any atom is -0.345 e. The number of nitriles is 1. The molecule has 112 valence electrons. The standard InChI is InChI=1S/C17H13N5O/c18-11-12-5-7-13(8-6-12)21-17(23)22-15-4-2-1-3-14(15)16-19-9-10-20-16/h1-10H,(H,19,20)(H2,21,22,23). The van der Waals surface area contributed by atoms with Crippen LogP contribution in [0, 0.1) is 11.3 Å². The van der Waals surface area contributed by atoms with Gasteiger partial charge in [-0.25, -0.2) is 9.78 Å². The number of anilines is 2. The third-order valence-corrected chi connectivity index (χ3v) is 3.20. The van der Waals surface area contributed by atoms with Crippen molar-refractivity contribution in [1.29, 1.82) is 5.26 Å². The number of hydrogen-bond donors (Lipinski definition) is 3. The molecule has 0 aliphatic heterocycles. The number of carbonyl (C=O) groups is 1. The molecule has 3 rings (SSSR count). The van der Waals surface area contributed by atoms with Crippen LogP contribution >= 0.6 is 0 Å². The Balaban J connectivity index is 1.74. The molecule has 6 nitrogen and oxygen atoms in total. The third-order valence-electron chi connectivity index (χ3n) is 3.20. The molecule has 0 atom stereocenters. The van der Waals surface area contributed by atoms with Crippen molar-refractivity contribution in [3.8, 4) is 17.5 Å². The van der Waals surface area contributed by atoms with Crippen molar-refractivity contribution in [2.75, 3.05) is 10.6 Å². The number of nitrogens with one attached hydrogen (secondary N) is 3. The summed E-state index contributed by atoms with van der Waals surface area (Å²) in [6, 6.07) is 15.7. The van der Waals surface area contributed by atoms with E-state index < -0.39 is 0 Å². The average Bonchev–Trinajstić information content (AvgIpc) is 3.10. The maximum absolute atomic E-state index is 12.1. The summed E-state index contributed by atoms with van der Waals surface area (Å²) in [6.45, 7) is 0. The van der Waals surface area contributed by atoms with Crippen LogP contribution in [0.4, 0.5) is 16.2 Å². The van der Waals surface area contributed by atoms with Gasteiger partial charge >= 0.3 is 6.03 Å². The number of amides is 2. The van der Waals surface area contributed by atoms with Crippen LogP contribution in [-0.2, 0) is 0 Å². The molecule has 0 bridgehead atoms. The summed E-state index contributed by atoms with van der Waals surface area (Å²) >= 11 is 0. The number of carbonyl (C=O) groups excluding carboxylic acids is 1. The number of nitrogens with zero attached hydrogens (tertiary/aromatic N) is 2. The first-order valence-electron chi connectivity index (χ1n) is 6.93. The number of aromatic nitrogens is 2. The second-order valence-corrected chi connectivity index (χ2v) is 4.75. The molecule has 0 fully saturated rings. The van der Waals surface area contributed by atoms with Gasteiger partial charge in [0, 0.05) is 23.6 Å². The Morgan fingerprint density at radius 3 is 2.57 bits per heavy atom. The first-order valence-corrected chi connectivity index (χ1v) is 6.93. The van der Waals surface area contributed by atoms with Gasteiger partial charge in [-0.3, -0.25) is 0 Å². The summed E-state index contributed by atoms with van der Waals surface area (Å²) in [7, 11) is 0. The van der Waals surface area contributed by atoms with E-state index in [4.69, 9.17) is 5.26 Å². The van der Waals surface area contributed by atoms with Gasteiger partial charge in [-0.15, -0.1) is 0 Å². The van der Waals surface area contributed by atoms with E-state index >= 15 is 0 Å². The quantitative estimate of drug-likeness (QED) is 0.690. The topological polar surface area (TPSA) is 93.6 Å². The van der Waals surface area contributed by atoms with Gasteiger partial charge in [-0.2, -0.15) is 5.26 Å². The molecular weight excluding hydrogens is 290 g/mol. The Bertz CT molecular complexity index is 847. The van der Waals surface area contributed by atoms with Crippen molar-refractivity contribution in [2.45, 2.75) is 0 Å². The largest absolute Gasteiger partial charge is 0.345 e. The first kappa shape index (κ1) is 14.4. The average molecular weight is 303 g/mol. The molecular formula is C17H13N5O. The summed E-state index contributed by atoms with van der Waals surface area (Å²) in [5.74, 6) is 0.680. The molecule has 1 heterocycles. The van der Waals surface area contributed by atoms with Gasteiger partial charge in [0.15, 0.2) is 0 Å². The van der Waals surface area contributed by atoms with Gasteiger partial charge in [0.2, 0.25) is 0 Å². The fourth-order valence-electron chi connectivity index (χ4n) is 2.12. The number of H-pyrrole nitrogens is 1. The minimum absolute atomic E-state index is 0.367. The SMILES string of the molecule is N#Cc1ccc(NC(=O)Nc2ccccc2-c2ncc[nH]2)cc1. The highest BCUT2D eigenvalue weighted by molar-refractivity contribution is 6.02. The van der Waals surface area contributed by atoms with E-state index in [9.17, 15) is 4.79 Å². The molecule has 0 aliphatic carbocycles. The number of benzene rings is 2. The second-order valence-electron chi connectivity index (χ2n) is 4.75. The second kappa shape index (κ2) is 6.45. The maximum Gasteiger partial charge on any atom is 0.323 e. The first-order chi connectivity index (χ1) is 11.3. The Kier molecular flexibility index (Phi) is 4.03. The van der Waals surface area contributed by atoms with Crippen molar-refractivity contribution in [2.24, 2.45) is 0 Å². The van der Waals surface area contributed by atoms with E-state index in [1.807, 2.05) is 24.3 Å². The van der Waals surface area contributed by atoms with Gasteiger partial charge in [0.25, 0.3) is 0 Å². The van der Waals surface area contributed by atoms with Crippen molar-refractivity contribution >= 4 is 17.4 Å². The Hall–Kier alpha value is -3.59. The highest BCUT2D eigenvalue weighted by Crippen LogP contribution is 2.24. The molecule has 0 saturated heterocycles. The van der Waals surface area contributed by atoms with E-state index in [1.54, 1.807) is 42.7 Å². The van der Waals surface area contributed by atoms with Crippen molar-refractivity contribution in [3.63, 3.8) is 0 Å². The van der Waals surface area contributed by atoms with Crippen LogP contribution in [0.25, 0.3) is 11.4 Å². The van der Waals surface area contributed by atoms with Crippen molar-refractivity contribution < 1.29 is 4.79 Å². The Morgan fingerprint density at radius 1 is 1.09 bits per heavy atom. The zero-order valence-corrected chi connectivity index (χ0v) is 12.1. The van der Waals surface area contributed by atoms with E-state index in [0.29, 0.717) is 22.8 Å². The molecule has 2 aromatic carbocycles. The molecule has 1 aromatic heterocycles. The lowest BCUT2D eigenvalue weighted by molar-refractivity contribution is 0.262. The molecule has 0 saturated carbocycles. The van der Waals surface area contributed by atoms with Crippen LogP contribution in [0.2, 0.25) is 0 Å². The van der Waals surface area contributed by atoms with Crippen LogP contribution in [0.1, 0.15) is 5.56 Å². The number of urea groups is 1. The van der Waals surface area contributed by atoms with Crippen molar-refractivity contribution in [3.05, 3.63) is 66.5 Å². The summed E-state index contributed by atoms with van der Waals surface area (Å²) in [6.07, 6.45) is 3.38. The third kappa shape index (κ3) is 3.36. The van der Waals surface area contributed by atoms with Crippen LogP contribution in [0.15, 0.2) is 60.9 Å². The lowest BCUT2D eigenvalue weighted by Gasteiger charge is -2.10. The van der Waals surface area contributed by atoms with E-state index in [2.05, 4.69) is 20.6 Å². The van der Waals surface area contributed by atoms with E-state index in [-0.39, 0.29) is 6.03 Å². The maximum atomic E-state index is 12.1. The van der Waals surface area contributed by atoms with Gasteiger partial charge in [0.05, 0.1) is 17.3 Å². The predicted molar refractivity (Wildman–Crippen MR) is 87.8 cm³/mol. The lowest BCUT2D eigenvalue weighted by Crippen LogP contribution is -2.19. The van der Waals surface area contributed by atoms with E-state index in [0.717, 1.165) is 5.56 Å². The van der Waals surface area contributed by atoms with Gasteiger partial charge < -0.3 is 15.6 Å². The monoisotopic (exact) mass is 303 g/mol. The fraction of sp³-hybridized carbons (Fsp3) is 0. The number of hydrogen-bond acceptors (Lipinski definition) is 3. The molecule has 0 unspecified atom stereocenters. The number of aromatic amines is 1. The minimum atomic E-state index is -0.367. The van der Waals surface area contributed by atoms with Crippen LogP contribution < -0.4 is 10.6 Å². The Morgan fingerprint density at radius 2 is 1.87 bits per heavy atom. The number of rotatable bonds is 3. The highest BCUT2D eigenvalue weighted by Gasteiger charge is 2.09. The van der Waals surface area contributed by atoms with Gasteiger partial charge in [-0.1, -0.05) is 12.1 Å².